The first-order valence-electron chi connectivity index (χ1n) is 9.25. The highest BCUT2D eigenvalue weighted by atomic mass is 16.3. The van der Waals surface area contributed by atoms with Crippen LogP contribution in [0.3, 0.4) is 0 Å². The quantitative estimate of drug-likeness (QED) is 0.345. The van der Waals surface area contributed by atoms with E-state index in [9.17, 15) is 9.90 Å². The maximum atomic E-state index is 12.5. The van der Waals surface area contributed by atoms with Gasteiger partial charge in [-0.1, -0.05) is 54.6 Å². The van der Waals surface area contributed by atoms with Crippen LogP contribution in [-0.4, -0.2) is 16.0 Å². The first kappa shape index (κ1) is 17.0. The first-order chi connectivity index (χ1) is 14.2. The Bertz CT molecular complexity index is 1280. The number of nitrogens with one attached hydrogen (secondary N) is 2. The lowest BCUT2D eigenvalue weighted by molar-refractivity contribution is -0.110. The minimum atomic E-state index is -0.201. The van der Waals surface area contributed by atoms with E-state index in [2.05, 4.69) is 15.6 Å². The molecular weight excluding hydrogens is 362 g/mol. The van der Waals surface area contributed by atoms with Crippen LogP contribution in [0.1, 0.15) is 5.56 Å². The summed E-state index contributed by atoms with van der Waals surface area (Å²) in [6.45, 7) is 0. The topological polar surface area (TPSA) is 74.2 Å². The average molecular weight is 379 g/mol. The molecule has 2 heterocycles. The summed E-state index contributed by atoms with van der Waals surface area (Å²) in [6.07, 6.45) is 3.45. The van der Waals surface area contributed by atoms with Gasteiger partial charge in [-0.3, -0.25) is 4.79 Å². The van der Waals surface area contributed by atoms with Crippen molar-refractivity contribution in [2.24, 2.45) is 0 Å². The molecule has 0 saturated heterocycles. The van der Waals surface area contributed by atoms with E-state index in [1.54, 1.807) is 24.5 Å². The zero-order valence-electron chi connectivity index (χ0n) is 15.4. The van der Waals surface area contributed by atoms with Crippen molar-refractivity contribution in [3.63, 3.8) is 0 Å². The molecule has 0 aliphatic carbocycles. The maximum absolute atomic E-state index is 12.5. The maximum Gasteiger partial charge on any atom is 0.259 e. The molecule has 3 N–H and O–H groups in total. The van der Waals surface area contributed by atoms with E-state index in [-0.39, 0.29) is 11.7 Å². The van der Waals surface area contributed by atoms with E-state index >= 15 is 0 Å². The number of rotatable bonds is 3. The Hall–Kier alpha value is -4.12. The number of aromatic hydroxyl groups is 1. The van der Waals surface area contributed by atoms with Crippen molar-refractivity contribution in [1.29, 1.82) is 0 Å². The molecule has 0 atom stereocenters. The largest absolute Gasteiger partial charge is 0.507 e. The smallest absolute Gasteiger partial charge is 0.259 e. The summed E-state index contributed by atoms with van der Waals surface area (Å²) in [7, 11) is 0. The number of carbonyl (C=O) groups excluding carboxylic acids is 1. The second-order valence-corrected chi connectivity index (χ2v) is 6.82. The van der Waals surface area contributed by atoms with Gasteiger partial charge in [0, 0.05) is 40.0 Å². The Balaban J connectivity index is 1.54. The van der Waals surface area contributed by atoms with Gasteiger partial charge >= 0.3 is 0 Å². The number of hydrogen-bond donors (Lipinski definition) is 3. The van der Waals surface area contributed by atoms with Crippen LogP contribution in [-0.2, 0) is 4.79 Å². The third-order valence-corrected chi connectivity index (χ3v) is 5.03. The number of nitrogens with zero attached hydrogens (tertiary/aromatic N) is 1. The fourth-order valence-corrected chi connectivity index (χ4v) is 3.56. The molecular formula is C24H17N3O2. The minimum Gasteiger partial charge on any atom is -0.507 e. The molecule has 1 aliphatic rings. The third kappa shape index (κ3) is 2.99. The van der Waals surface area contributed by atoms with Crippen molar-refractivity contribution in [3.05, 3.63) is 90.8 Å². The van der Waals surface area contributed by atoms with Gasteiger partial charge in [-0.2, -0.15) is 0 Å². The van der Waals surface area contributed by atoms with Crippen molar-refractivity contribution in [3.8, 4) is 16.9 Å². The van der Waals surface area contributed by atoms with E-state index in [4.69, 9.17) is 0 Å². The van der Waals surface area contributed by atoms with Crippen LogP contribution in [0.15, 0.2) is 85.2 Å². The van der Waals surface area contributed by atoms with Crippen molar-refractivity contribution in [1.82, 2.24) is 4.98 Å². The van der Waals surface area contributed by atoms with Crippen LogP contribution in [0.4, 0.5) is 11.5 Å². The lowest BCUT2D eigenvalue weighted by Crippen LogP contribution is -2.05. The molecule has 5 nitrogen and oxygen atoms in total. The molecule has 1 amide bonds. The van der Waals surface area contributed by atoms with Crippen molar-refractivity contribution in [2.45, 2.75) is 0 Å². The second kappa shape index (κ2) is 6.80. The number of phenols is 1. The second-order valence-electron chi connectivity index (χ2n) is 6.82. The monoisotopic (exact) mass is 379 g/mol. The standard InChI is InChI=1S/C24H17N3O2/c28-22-11-10-21(17-8-4-5-9-18(17)22)25-14-20-19-12-16(15-6-2-1-3-7-15)13-26-23(19)27-24(20)29/h1-14,25,28H,(H,26,27,29). The Morgan fingerprint density at radius 3 is 2.48 bits per heavy atom. The summed E-state index contributed by atoms with van der Waals surface area (Å²) in [5, 5.41) is 17.7. The Morgan fingerprint density at radius 2 is 1.66 bits per heavy atom. The van der Waals surface area contributed by atoms with Crippen molar-refractivity contribution in [2.75, 3.05) is 10.6 Å². The SMILES string of the molecule is O=C1Nc2ncc(-c3ccccc3)cc2C1=CNc1ccc(O)c2ccccc12. The molecule has 5 rings (SSSR count). The molecule has 5 heteroatoms. The van der Waals surface area contributed by atoms with Crippen LogP contribution in [0.2, 0.25) is 0 Å². The number of aromatic nitrogens is 1. The van der Waals surface area contributed by atoms with Crippen LogP contribution in [0.5, 0.6) is 5.75 Å². The van der Waals surface area contributed by atoms with Crippen LogP contribution in [0, 0.1) is 0 Å². The van der Waals surface area contributed by atoms with E-state index in [0.29, 0.717) is 11.4 Å². The van der Waals surface area contributed by atoms with Gasteiger partial charge in [0.2, 0.25) is 0 Å². The van der Waals surface area contributed by atoms with E-state index in [1.807, 2.05) is 60.7 Å². The highest BCUT2D eigenvalue weighted by molar-refractivity contribution is 6.31. The zero-order valence-corrected chi connectivity index (χ0v) is 15.4. The van der Waals surface area contributed by atoms with Crippen molar-refractivity contribution < 1.29 is 9.90 Å². The molecule has 140 valence electrons. The number of phenolic OH excluding ortho intramolecular Hbond substituents is 1. The van der Waals surface area contributed by atoms with Gasteiger partial charge in [-0.15, -0.1) is 0 Å². The highest BCUT2D eigenvalue weighted by Gasteiger charge is 2.26. The van der Waals surface area contributed by atoms with E-state index < -0.39 is 0 Å². The van der Waals surface area contributed by atoms with Crippen LogP contribution < -0.4 is 10.6 Å². The van der Waals surface area contributed by atoms with Crippen molar-refractivity contribution >= 4 is 33.8 Å². The fourth-order valence-electron chi connectivity index (χ4n) is 3.56. The number of amides is 1. The van der Waals surface area contributed by atoms with Gasteiger partial charge in [0.05, 0.1) is 5.57 Å². The molecule has 0 radical (unpaired) electrons. The molecule has 4 aromatic rings. The number of fused-ring (bicyclic) bond motifs is 2. The Kier molecular flexibility index (Phi) is 3.99. The molecule has 0 saturated carbocycles. The van der Waals surface area contributed by atoms with Gasteiger partial charge in [-0.05, 0) is 23.8 Å². The third-order valence-electron chi connectivity index (χ3n) is 5.03. The summed E-state index contributed by atoms with van der Waals surface area (Å²) in [4.78, 5) is 16.9. The number of anilines is 2. The predicted molar refractivity (Wildman–Crippen MR) is 116 cm³/mol. The van der Waals surface area contributed by atoms with Crippen LogP contribution >= 0.6 is 0 Å². The van der Waals surface area contributed by atoms with Gasteiger partial charge in [0.25, 0.3) is 5.91 Å². The summed E-state index contributed by atoms with van der Waals surface area (Å²) < 4.78 is 0. The summed E-state index contributed by atoms with van der Waals surface area (Å²) >= 11 is 0. The van der Waals surface area contributed by atoms with E-state index in [1.165, 1.54) is 0 Å². The predicted octanol–water partition coefficient (Wildman–Crippen LogP) is 5.01. The van der Waals surface area contributed by atoms with E-state index in [0.717, 1.165) is 33.2 Å². The fraction of sp³-hybridized carbons (Fsp3) is 0. The summed E-state index contributed by atoms with van der Waals surface area (Å²) in [6, 6.07) is 22.9. The van der Waals surface area contributed by atoms with Gasteiger partial charge in [-0.25, -0.2) is 4.98 Å². The minimum absolute atomic E-state index is 0.201. The lowest BCUT2D eigenvalue weighted by atomic mass is 10.0. The molecule has 1 aliphatic heterocycles. The number of carbonyl (C=O) groups is 1. The first-order valence-corrected chi connectivity index (χ1v) is 9.25. The lowest BCUT2D eigenvalue weighted by Gasteiger charge is -2.09. The molecule has 0 fully saturated rings. The molecule has 1 aromatic heterocycles. The van der Waals surface area contributed by atoms with Gasteiger partial charge in [0.1, 0.15) is 11.6 Å². The molecule has 3 aromatic carbocycles. The number of pyridine rings is 1. The average Bonchev–Trinajstić information content (AvgIpc) is 3.08. The van der Waals surface area contributed by atoms with Crippen LogP contribution in [0.25, 0.3) is 27.5 Å². The Morgan fingerprint density at radius 1 is 0.897 bits per heavy atom. The molecule has 0 bridgehead atoms. The molecule has 0 spiro atoms. The molecule has 0 unspecified atom stereocenters. The molecule has 29 heavy (non-hydrogen) atoms. The number of hydrogen-bond acceptors (Lipinski definition) is 4. The van der Waals surface area contributed by atoms with Gasteiger partial charge in [0.15, 0.2) is 0 Å². The summed E-state index contributed by atoms with van der Waals surface area (Å²) in [5.41, 5.74) is 4.06. The van der Waals surface area contributed by atoms with Gasteiger partial charge < -0.3 is 15.7 Å². The normalized spacial score (nSPS) is 14.1. The highest BCUT2D eigenvalue weighted by Crippen LogP contribution is 2.35. The summed E-state index contributed by atoms with van der Waals surface area (Å²) in [5.74, 6) is 0.575. The zero-order chi connectivity index (χ0) is 19.8. The Labute approximate surface area is 167 Å². The number of benzene rings is 3.